The van der Waals surface area contributed by atoms with Crippen LogP contribution in [-0.4, -0.2) is 44.2 Å². The lowest BCUT2D eigenvalue weighted by molar-refractivity contribution is -0.145. The summed E-state index contributed by atoms with van der Waals surface area (Å²) in [4.78, 5) is 38.1. The lowest BCUT2D eigenvalue weighted by Gasteiger charge is -2.17. The minimum atomic E-state index is -0.893. The monoisotopic (exact) mass is 420 g/mol. The first-order valence-electron chi connectivity index (χ1n) is 9.62. The van der Waals surface area contributed by atoms with Crippen molar-refractivity contribution >= 4 is 29.1 Å². The van der Waals surface area contributed by atoms with E-state index in [1.54, 1.807) is 19.1 Å². The maximum Gasteiger partial charge on any atom is 0.329 e. The molecule has 0 saturated carbocycles. The molecule has 31 heavy (non-hydrogen) atoms. The molecule has 1 aromatic carbocycles. The average molecular weight is 420 g/mol. The minimum absolute atomic E-state index is 0.0420. The van der Waals surface area contributed by atoms with Crippen molar-refractivity contribution in [2.24, 2.45) is 0 Å². The van der Waals surface area contributed by atoms with Gasteiger partial charge in [-0.1, -0.05) is 30.3 Å². The molecule has 4 aromatic rings. The van der Waals surface area contributed by atoms with Crippen molar-refractivity contribution in [1.29, 1.82) is 0 Å². The molecule has 1 amide bonds. The van der Waals surface area contributed by atoms with Gasteiger partial charge in [-0.25, -0.2) is 24.1 Å². The van der Waals surface area contributed by atoms with Gasteiger partial charge in [0.25, 0.3) is 0 Å². The molecule has 10 nitrogen and oxygen atoms in total. The molecule has 0 spiro atoms. The summed E-state index contributed by atoms with van der Waals surface area (Å²) in [5.74, 6) is -0.132. The van der Waals surface area contributed by atoms with Crippen LogP contribution in [-0.2, 0) is 16.0 Å². The van der Waals surface area contributed by atoms with Gasteiger partial charge < -0.3 is 20.2 Å². The third kappa shape index (κ3) is 4.22. The smallest absolute Gasteiger partial charge is 0.329 e. The second-order valence-electron chi connectivity index (χ2n) is 6.64. The lowest BCUT2D eigenvalue weighted by atomic mass is 10.1. The zero-order valence-electron chi connectivity index (χ0n) is 16.7. The Morgan fingerprint density at radius 3 is 2.71 bits per heavy atom. The number of rotatable bonds is 6. The number of benzene rings is 1. The quantitative estimate of drug-likeness (QED) is 0.454. The van der Waals surface area contributed by atoms with E-state index in [1.165, 1.54) is 17.2 Å². The number of esters is 1. The Balaban J connectivity index is 1.65. The van der Waals surface area contributed by atoms with E-state index in [2.05, 4.69) is 20.3 Å². The zero-order valence-corrected chi connectivity index (χ0v) is 16.7. The molecule has 3 N–H and O–H groups in total. The average Bonchev–Trinajstić information content (AvgIpc) is 3.44. The van der Waals surface area contributed by atoms with Gasteiger partial charge >= 0.3 is 12.0 Å². The molecule has 0 aliphatic carbocycles. The predicted molar refractivity (Wildman–Crippen MR) is 112 cm³/mol. The molecule has 158 valence electrons. The van der Waals surface area contributed by atoms with Crippen LogP contribution in [0.2, 0.25) is 0 Å². The number of nitrogens with one attached hydrogen (secondary N) is 1. The highest BCUT2D eigenvalue weighted by Crippen LogP contribution is 2.26. The molecular weight excluding hydrogens is 400 g/mol. The van der Waals surface area contributed by atoms with Crippen molar-refractivity contribution in [2.75, 3.05) is 12.3 Å². The fourth-order valence-corrected chi connectivity index (χ4v) is 3.16. The van der Waals surface area contributed by atoms with E-state index >= 15 is 0 Å². The van der Waals surface area contributed by atoms with Gasteiger partial charge in [-0.05, 0) is 24.6 Å². The van der Waals surface area contributed by atoms with Gasteiger partial charge in [-0.3, -0.25) is 0 Å². The number of carbonyl (C=O) groups excluding carboxylic acids is 2. The highest BCUT2D eigenvalue weighted by molar-refractivity contribution is 5.94. The van der Waals surface area contributed by atoms with E-state index in [-0.39, 0.29) is 24.6 Å². The molecule has 0 aliphatic heterocycles. The van der Waals surface area contributed by atoms with E-state index < -0.39 is 18.0 Å². The maximum atomic E-state index is 13.0. The van der Waals surface area contributed by atoms with Gasteiger partial charge in [-0.15, -0.1) is 0 Å². The standard InChI is InChI=1S/C21H20N6O4/c1-2-30-19(28)14(11-13-7-4-3-5-8-13)24-21(29)27-12-23-17-16(15-9-6-10-31-15)25-20(22)26-18(17)27/h3-10,12,14H,2,11H2,1H3,(H,24,29)(H2,22,25,26). The summed E-state index contributed by atoms with van der Waals surface area (Å²) in [6.45, 7) is 1.91. The first kappa shape index (κ1) is 20.1. The van der Waals surface area contributed by atoms with Crippen LogP contribution in [0.5, 0.6) is 0 Å². The summed E-state index contributed by atoms with van der Waals surface area (Å²) >= 11 is 0. The lowest BCUT2D eigenvalue weighted by Crippen LogP contribution is -2.45. The SMILES string of the molecule is CCOC(=O)C(Cc1ccccc1)NC(=O)n1cnc2c(-c3ccco3)nc(N)nc21. The number of imidazole rings is 1. The number of furan rings is 1. The van der Waals surface area contributed by atoms with Crippen LogP contribution in [0, 0.1) is 0 Å². The first-order valence-corrected chi connectivity index (χ1v) is 9.62. The summed E-state index contributed by atoms with van der Waals surface area (Å²) in [5, 5.41) is 2.70. The van der Waals surface area contributed by atoms with Crippen LogP contribution in [0.25, 0.3) is 22.6 Å². The van der Waals surface area contributed by atoms with Gasteiger partial charge in [0.2, 0.25) is 5.95 Å². The highest BCUT2D eigenvalue weighted by atomic mass is 16.5. The molecule has 0 bridgehead atoms. The summed E-state index contributed by atoms with van der Waals surface area (Å²) in [5.41, 5.74) is 7.62. The maximum absolute atomic E-state index is 13.0. The van der Waals surface area contributed by atoms with Crippen LogP contribution in [0.1, 0.15) is 12.5 Å². The van der Waals surface area contributed by atoms with Crippen LogP contribution in [0.4, 0.5) is 10.7 Å². The van der Waals surface area contributed by atoms with E-state index in [4.69, 9.17) is 14.9 Å². The van der Waals surface area contributed by atoms with Crippen molar-refractivity contribution in [1.82, 2.24) is 24.8 Å². The number of nitrogens with two attached hydrogens (primary N) is 1. The Hall–Kier alpha value is -4.21. The van der Waals surface area contributed by atoms with E-state index in [0.717, 1.165) is 5.56 Å². The number of amides is 1. The molecule has 1 atom stereocenters. The van der Waals surface area contributed by atoms with Crippen molar-refractivity contribution in [3.63, 3.8) is 0 Å². The summed E-state index contributed by atoms with van der Waals surface area (Å²) < 4.78 is 11.7. The molecule has 0 radical (unpaired) electrons. The van der Waals surface area contributed by atoms with E-state index in [1.807, 2.05) is 30.3 Å². The van der Waals surface area contributed by atoms with Crippen LogP contribution < -0.4 is 11.1 Å². The van der Waals surface area contributed by atoms with Crippen LogP contribution >= 0.6 is 0 Å². The number of aromatic nitrogens is 4. The fourth-order valence-electron chi connectivity index (χ4n) is 3.16. The molecule has 3 heterocycles. The number of hydrogen-bond donors (Lipinski definition) is 2. The number of hydrogen-bond acceptors (Lipinski definition) is 8. The fraction of sp³-hybridized carbons (Fsp3) is 0.190. The number of carbonyl (C=O) groups is 2. The molecular formula is C21H20N6O4. The third-order valence-corrected chi connectivity index (χ3v) is 4.54. The number of ether oxygens (including phenoxy) is 1. The number of fused-ring (bicyclic) bond motifs is 1. The Labute approximate surface area is 177 Å². The Morgan fingerprint density at radius 2 is 2.00 bits per heavy atom. The molecule has 0 aliphatic rings. The van der Waals surface area contributed by atoms with Gasteiger partial charge in [-0.2, -0.15) is 4.98 Å². The molecule has 10 heteroatoms. The molecule has 4 rings (SSSR count). The van der Waals surface area contributed by atoms with Crippen molar-refractivity contribution < 1.29 is 18.7 Å². The predicted octanol–water partition coefficient (Wildman–Crippen LogP) is 2.40. The first-order chi connectivity index (χ1) is 15.1. The Kier molecular flexibility index (Phi) is 5.61. The second-order valence-corrected chi connectivity index (χ2v) is 6.64. The van der Waals surface area contributed by atoms with Crippen molar-refractivity contribution in [3.05, 3.63) is 60.6 Å². The van der Waals surface area contributed by atoms with Crippen LogP contribution in [0.3, 0.4) is 0 Å². The van der Waals surface area contributed by atoms with Gasteiger partial charge in [0.05, 0.1) is 12.9 Å². The van der Waals surface area contributed by atoms with E-state index in [9.17, 15) is 9.59 Å². The van der Waals surface area contributed by atoms with Crippen LogP contribution in [0.15, 0.2) is 59.5 Å². The second kappa shape index (κ2) is 8.66. The molecule has 0 saturated heterocycles. The Bertz CT molecular complexity index is 1200. The number of nitrogens with zero attached hydrogens (tertiary/aromatic N) is 4. The molecule has 3 aromatic heterocycles. The van der Waals surface area contributed by atoms with E-state index in [0.29, 0.717) is 17.0 Å². The largest absolute Gasteiger partial charge is 0.464 e. The zero-order chi connectivity index (χ0) is 21.8. The van der Waals surface area contributed by atoms with Gasteiger partial charge in [0.1, 0.15) is 23.6 Å². The Morgan fingerprint density at radius 1 is 1.19 bits per heavy atom. The number of anilines is 1. The molecule has 1 unspecified atom stereocenters. The third-order valence-electron chi connectivity index (χ3n) is 4.54. The molecule has 0 fully saturated rings. The minimum Gasteiger partial charge on any atom is -0.464 e. The summed E-state index contributed by atoms with van der Waals surface area (Å²) in [6, 6.07) is 11.3. The normalized spacial score (nSPS) is 11.9. The van der Waals surface area contributed by atoms with Gasteiger partial charge in [0, 0.05) is 6.42 Å². The topological polar surface area (TPSA) is 138 Å². The van der Waals surface area contributed by atoms with Gasteiger partial charge in [0.15, 0.2) is 11.4 Å². The highest BCUT2D eigenvalue weighted by Gasteiger charge is 2.25. The summed E-state index contributed by atoms with van der Waals surface area (Å²) in [6.07, 6.45) is 3.06. The van der Waals surface area contributed by atoms with Crippen molar-refractivity contribution in [2.45, 2.75) is 19.4 Å². The summed E-state index contributed by atoms with van der Waals surface area (Å²) in [7, 11) is 0. The number of nitrogen functional groups attached to an aromatic ring is 1. The van der Waals surface area contributed by atoms with Crippen molar-refractivity contribution in [3.8, 4) is 11.5 Å².